The molecule has 0 spiro atoms. The molecule has 150 valence electrons. The van der Waals surface area contributed by atoms with E-state index in [9.17, 15) is 17.8 Å². The number of methoxy groups -OCH3 is 1. The number of hydrogen-bond donors (Lipinski definition) is 2. The van der Waals surface area contributed by atoms with E-state index in [1.807, 2.05) is 11.8 Å². The van der Waals surface area contributed by atoms with Crippen LogP contribution in [0.5, 0.6) is 5.75 Å². The van der Waals surface area contributed by atoms with Crippen LogP contribution >= 0.6 is 11.6 Å². The Labute approximate surface area is 163 Å². The highest BCUT2D eigenvalue weighted by atomic mass is 35.5. The SMILES string of the molecule is CCN1CCN=C1CN(CS(=O)(=O)O)C(=O)c1cc(Cl)c(NC)cc1OC. The molecular formula is C16H23ClN4O5S. The third-order valence-electron chi connectivity index (χ3n) is 4.14. The molecule has 1 aliphatic heterocycles. The van der Waals surface area contributed by atoms with Gasteiger partial charge in [0.05, 0.1) is 36.5 Å². The standard InChI is InChI=1S/C16H23ClN4O5S/c1-4-20-6-5-19-15(20)9-21(10-27(23,24)25)16(22)11-7-12(17)13(18-2)8-14(11)26-3/h7-8,18H,4-6,9-10H2,1-3H3,(H,23,24,25). The number of benzene rings is 1. The molecule has 0 bridgehead atoms. The van der Waals surface area contributed by atoms with Crippen LogP contribution in [0.25, 0.3) is 0 Å². The lowest BCUT2D eigenvalue weighted by Crippen LogP contribution is -2.43. The zero-order valence-corrected chi connectivity index (χ0v) is 17.0. The van der Waals surface area contributed by atoms with Gasteiger partial charge < -0.3 is 19.9 Å². The lowest BCUT2D eigenvalue weighted by atomic mass is 10.1. The molecule has 1 amide bonds. The number of amides is 1. The maximum Gasteiger partial charge on any atom is 0.283 e. The summed E-state index contributed by atoms with van der Waals surface area (Å²) in [4.78, 5) is 20.3. The van der Waals surface area contributed by atoms with Crippen LogP contribution in [0.15, 0.2) is 17.1 Å². The fourth-order valence-corrected chi connectivity index (χ4v) is 3.68. The first-order valence-corrected chi connectivity index (χ1v) is 10.3. The number of ether oxygens (including phenoxy) is 1. The summed E-state index contributed by atoms with van der Waals surface area (Å²) in [5, 5.41) is 3.16. The van der Waals surface area contributed by atoms with Crippen LogP contribution in [0, 0.1) is 0 Å². The summed E-state index contributed by atoms with van der Waals surface area (Å²) < 4.78 is 37.5. The number of carbonyl (C=O) groups is 1. The summed E-state index contributed by atoms with van der Waals surface area (Å²) in [6.07, 6.45) is 0. The van der Waals surface area contributed by atoms with E-state index < -0.39 is 21.9 Å². The molecule has 0 aromatic heterocycles. The van der Waals surface area contributed by atoms with Crippen LogP contribution < -0.4 is 10.1 Å². The molecule has 0 saturated heterocycles. The molecule has 1 aliphatic rings. The van der Waals surface area contributed by atoms with Gasteiger partial charge in [-0.15, -0.1) is 0 Å². The third kappa shape index (κ3) is 5.24. The second-order valence-electron chi connectivity index (χ2n) is 5.87. The van der Waals surface area contributed by atoms with E-state index in [1.54, 1.807) is 13.1 Å². The molecular weight excluding hydrogens is 396 g/mol. The molecule has 0 atom stereocenters. The minimum absolute atomic E-state index is 0.0545. The predicted octanol–water partition coefficient (Wildman–Crippen LogP) is 1.41. The summed E-state index contributed by atoms with van der Waals surface area (Å²) >= 11 is 6.17. The van der Waals surface area contributed by atoms with Crippen molar-refractivity contribution in [3.05, 3.63) is 22.7 Å². The van der Waals surface area contributed by atoms with Gasteiger partial charge in [-0.25, -0.2) is 0 Å². The highest BCUT2D eigenvalue weighted by molar-refractivity contribution is 7.85. The lowest BCUT2D eigenvalue weighted by Gasteiger charge is -2.26. The van der Waals surface area contributed by atoms with Crippen LogP contribution in [0.1, 0.15) is 17.3 Å². The minimum Gasteiger partial charge on any atom is -0.496 e. The number of rotatable bonds is 8. The number of halogens is 1. The first kappa shape index (κ1) is 21.3. The predicted molar refractivity (Wildman–Crippen MR) is 105 cm³/mol. The van der Waals surface area contributed by atoms with E-state index in [2.05, 4.69) is 10.3 Å². The molecule has 9 nitrogen and oxygen atoms in total. The fraction of sp³-hybridized carbons (Fsp3) is 0.500. The van der Waals surface area contributed by atoms with Crippen molar-refractivity contribution in [2.75, 3.05) is 51.5 Å². The zero-order chi connectivity index (χ0) is 20.2. The maximum atomic E-state index is 13.1. The summed E-state index contributed by atoms with van der Waals surface area (Å²) in [6, 6.07) is 2.95. The van der Waals surface area contributed by atoms with Gasteiger partial charge >= 0.3 is 0 Å². The van der Waals surface area contributed by atoms with Crippen molar-refractivity contribution in [3.63, 3.8) is 0 Å². The van der Waals surface area contributed by atoms with Gasteiger partial charge in [0.2, 0.25) is 0 Å². The molecule has 1 heterocycles. The van der Waals surface area contributed by atoms with E-state index in [4.69, 9.17) is 16.3 Å². The number of aliphatic imine (C=N–C) groups is 1. The second-order valence-corrected chi connectivity index (χ2v) is 7.70. The molecule has 0 unspecified atom stereocenters. The fourth-order valence-electron chi connectivity index (χ4n) is 2.81. The largest absolute Gasteiger partial charge is 0.496 e. The summed E-state index contributed by atoms with van der Waals surface area (Å²) in [7, 11) is -1.37. The molecule has 0 radical (unpaired) electrons. The van der Waals surface area contributed by atoms with Crippen LogP contribution in [-0.4, -0.2) is 80.7 Å². The number of nitrogens with zero attached hydrogens (tertiary/aromatic N) is 3. The molecule has 0 fully saturated rings. The normalized spacial score (nSPS) is 14.1. The van der Waals surface area contributed by atoms with Crippen molar-refractivity contribution in [2.24, 2.45) is 4.99 Å². The van der Waals surface area contributed by atoms with E-state index in [0.717, 1.165) is 4.90 Å². The Bertz CT molecular complexity index is 843. The first-order chi connectivity index (χ1) is 12.7. The average molecular weight is 419 g/mol. The van der Waals surface area contributed by atoms with Gasteiger partial charge in [0, 0.05) is 26.2 Å². The number of amidine groups is 1. The van der Waals surface area contributed by atoms with Crippen LogP contribution in [0.4, 0.5) is 5.69 Å². The van der Waals surface area contributed by atoms with Crippen molar-refractivity contribution in [2.45, 2.75) is 6.92 Å². The van der Waals surface area contributed by atoms with Gasteiger partial charge in [0.1, 0.15) is 17.5 Å². The highest BCUT2D eigenvalue weighted by Gasteiger charge is 2.28. The summed E-state index contributed by atoms with van der Waals surface area (Å²) in [5.74, 6) is -0.683. The van der Waals surface area contributed by atoms with Crippen molar-refractivity contribution >= 4 is 39.1 Å². The molecule has 27 heavy (non-hydrogen) atoms. The van der Waals surface area contributed by atoms with Crippen LogP contribution in [-0.2, 0) is 10.1 Å². The molecule has 2 rings (SSSR count). The quantitative estimate of drug-likeness (QED) is 0.614. The monoisotopic (exact) mass is 418 g/mol. The van der Waals surface area contributed by atoms with Gasteiger partial charge in [-0.2, -0.15) is 8.42 Å². The Morgan fingerprint density at radius 2 is 2.19 bits per heavy atom. The number of hydrogen-bond acceptors (Lipinski definition) is 7. The molecule has 11 heteroatoms. The first-order valence-electron chi connectivity index (χ1n) is 8.28. The topological polar surface area (TPSA) is 112 Å². The Kier molecular flexibility index (Phi) is 6.90. The number of nitrogens with one attached hydrogen (secondary N) is 1. The Morgan fingerprint density at radius 1 is 1.48 bits per heavy atom. The van der Waals surface area contributed by atoms with Gasteiger partial charge in [-0.3, -0.25) is 14.3 Å². The molecule has 1 aromatic carbocycles. The van der Waals surface area contributed by atoms with Crippen molar-refractivity contribution in [3.8, 4) is 5.75 Å². The number of anilines is 1. The van der Waals surface area contributed by atoms with E-state index >= 15 is 0 Å². The summed E-state index contributed by atoms with van der Waals surface area (Å²) in [6.45, 7) is 3.84. The van der Waals surface area contributed by atoms with Crippen LogP contribution in [0.3, 0.4) is 0 Å². The lowest BCUT2D eigenvalue weighted by molar-refractivity contribution is 0.0794. The molecule has 2 N–H and O–H groups in total. The zero-order valence-electron chi connectivity index (χ0n) is 15.4. The van der Waals surface area contributed by atoms with E-state index in [0.29, 0.717) is 31.2 Å². The van der Waals surface area contributed by atoms with Crippen molar-refractivity contribution < 1.29 is 22.5 Å². The smallest absolute Gasteiger partial charge is 0.283 e. The van der Waals surface area contributed by atoms with Gasteiger partial charge in [-0.05, 0) is 13.0 Å². The number of likely N-dealkylation sites (N-methyl/N-ethyl adjacent to an activating group) is 1. The molecule has 0 aliphatic carbocycles. The maximum absolute atomic E-state index is 13.1. The van der Waals surface area contributed by atoms with E-state index in [-0.39, 0.29) is 22.9 Å². The second kappa shape index (κ2) is 8.77. The minimum atomic E-state index is -4.44. The van der Waals surface area contributed by atoms with Crippen LogP contribution in [0.2, 0.25) is 5.02 Å². The average Bonchev–Trinajstić information content (AvgIpc) is 3.06. The van der Waals surface area contributed by atoms with E-state index in [1.165, 1.54) is 13.2 Å². The van der Waals surface area contributed by atoms with Gasteiger partial charge in [0.25, 0.3) is 16.0 Å². The highest BCUT2D eigenvalue weighted by Crippen LogP contribution is 2.31. The van der Waals surface area contributed by atoms with Gasteiger partial charge in [-0.1, -0.05) is 11.6 Å². The van der Waals surface area contributed by atoms with Crippen molar-refractivity contribution in [1.29, 1.82) is 0 Å². The Hall–Kier alpha value is -2.04. The molecule has 1 aromatic rings. The van der Waals surface area contributed by atoms with Crippen molar-refractivity contribution in [1.82, 2.24) is 9.80 Å². The van der Waals surface area contributed by atoms with Gasteiger partial charge in [0.15, 0.2) is 0 Å². The number of carbonyl (C=O) groups excluding carboxylic acids is 1. The Balaban J connectivity index is 2.40. The third-order valence-corrected chi connectivity index (χ3v) is 5.09. The molecule has 0 saturated carbocycles. The summed E-state index contributed by atoms with van der Waals surface area (Å²) in [5.41, 5.74) is 0.649. The Morgan fingerprint density at radius 3 is 2.74 bits per heavy atom.